The zero-order valence-corrected chi connectivity index (χ0v) is 14.9. The summed E-state index contributed by atoms with van der Waals surface area (Å²) in [5.74, 6) is -1.17. The largest absolute Gasteiger partial charge is 0.435 e. The van der Waals surface area contributed by atoms with Crippen molar-refractivity contribution in [2.45, 2.75) is 38.1 Å². The Morgan fingerprint density at radius 1 is 1.18 bits per heavy atom. The number of benzene rings is 1. The molecule has 2 aromatic rings. The van der Waals surface area contributed by atoms with E-state index in [1.807, 2.05) is 31.2 Å². The molecule has 1 aliphatic heterocycles. The molecule has 0 radical (unpaired) electrons. The molecule has 1 fully saturated rings. The third kappa shape index (κ3) is 4.87. The number of carbonyl (C=O) groups excluding carboxylic acids is 2. The van der Waals surface area contributed by atoms with Gasteiger partial charge < -0.3 is 0 Å². The summed E-state index contributed by atoms with van der Waals surface area (Å²) in [5.41, 5.74) is 11.4. The van der Waals surface area contributed by atoms with Crippen LogP contribution >= 0.6 is 0 Å². The first-order valence-corrected chi connectivity index (χ1v) is 8.49. The third-order valence-electron chi connectivity index (χ3n) is 4.26. The maximum absolute atomic E-state index is 12.5. The van der Waals surface area contributed by atoms with Crippen molar-refractivity contribution in [2.75, 3.05) is 0 Å². The molecule has 2 heterocycles. The molecule has 2 unspecified atom stereocenters. The Morgan fingerprint density at radius 3 is 2.54 bits per heavy atom. The number of amides is 2. The Hall–Kier alpha value is -2.92. The molecule has 1 aliphatic rings. The van der Waals surface area contributed by atoms with Crippen LogP contribution in [0.1, 0.15) is 29.3 Å². The van der Waals surface area contributed by atoms with Crippen molar-refractivity contribution < 1.29 is 22.8 Å². The molecule has 8 nitrogen and oxygen atoms in total. The van der Waals surface area contributed by atoms with E-state index in [2.05, 4.69) is 26.8 Å². The Labute approximate surface area is 158 Å². The summed E-state index contributed by atoms with van der Waals surface area (Å²) in [6, 6.07) is 8.02. The van der Waals surface area contributed by atoms with Crippen LogP contribution in [0.15, 0.2) is 36.5 Å². The van der Waals surface area contributed by atoms with Crippen LogP contribution in [-0.4, -0.2) is 27.6 Å². The van der Waals surface area contributed by atoms with Crippen LogP contribution in [0.3, 0.4) is 0 Å². The van der Waals surface area contributed by atoms with Crippen molar-refractivity contribution in [1.29, 1.82) is 0 Å². The number of rotatable bonds is 4. The average Bonchev–Trinajstić information content (AvgIpc) is 3.29. The van der Waals surface area contributed by atoms with Gasteiger partial charge in [-0.2, -0.15) is 18.3 Å². The van der Waals surface area contributed by atoms with Gasteiger partial charge >= 0.3 is 6.18 Å². The standard InChI is InChI=1S/C17H19F3N6O2/c1-10-2-4-11(5-3-10)12-8-13(22-21-12)16(28)24-23-15(27)9-26-7-6-14(25-26)17(18,19)20/h2-7,12-13,21-22H,8-9H2,1H3,(H,23,27)(H,24,28). The maximum Gasteiger partial charge on any atom is 0.435 e. The molecule has 150 valence electrons. The van der Waals surface area contributed by atoms with E-state index in [4.69, 9.17) is 0 Å². The SMILES string of the molecule is Cc1ccc(C2CC(C(=O)NNC(=O)Cn3ccc(C(F)(F)F)n3)NN2)cc1. The van der Waals surface area contributed by atoms with Gasteiger partial charge in [0.15, 0.2) is 5.69 Å². The van der Waals surface area contributed by atoms with E-state index in [0.29, 0.717) is 6.42 Å². The fraction of sp³-hybridized carbons (Fsp3) is 0.353. The molecule has 1 aromatic carbocycles. The minimum absolute atomic E-state index is 0.0584. The number of hydrazine groups is 2. The normalized spacial score (nSPS) is 19.4. The zero-order chi connectivity index (χ0) is 20.3. The Balaban J connectivity index is 1.45. The Morgan fingerprint density at radius 2 is 1.89 bits per heavy atom. The second-order valence-corrected chi connectivity index (χ2v) is 6.47. The lowest BCUT2D eigenvalue weighted by Gasteiger charge is -2.12. The van der Waals surface area contributed by atoms with E-state index >= 15 is 0 Å². The highest BCUT2D eigenvalue weighted by Crippen LogP contribution is 2.27. The first kappa shape index (κ1) is 19.8. The quantitative estimate of drug-likeness (QED) is 0.577. The molecule has 0 bridgehead atoms. The summed E-state index contributed by atoms with van der Waals surface area (Å²) in [6.45, 7) is 1.52. The third-order valence-corrected chi connectivity index (χ3v) is 4.26. The van der Waals surface area contributed by atoms with Gasteiger partial charge in [0.1, 0.15) is 12.6 Å². The lowest BCUT2D eigenvalue weighted by atomic mass is 10.0. The summed E-state index contributed by atoms with van der Waals surface area (Å²) in [7, 11) is 0. The Kier molecular flexibility index (Phi) is 5.66. The molecule has 0 aliphatic carbocycles. The van der Waals surface area contributed by atoms with Crippen molar-refractivity contribution in [3.8, 4) is 0 Å². The molecule has 1 aromatic heterocycles. The van der Waals surface area contributed by atoms with Crippen LogP contribution in [0.2, 0.25) is 0 Å². The number of aromatic nitrogens is 2. The van der Waals surface area contributed by atoms with Crippen LogP contribution in [-0.2, 0) is 22.3 Å². The number of aryl methyl sites for hydroxylation is 1. The minimum Gasteiger partial charge on any atom is -0.271 e. The van der Waals surface area contributed by atoms with E-state index in [9.17, 15) is 22.8 Å². The molecule has 2 atom stereocenters. The van der Waals surface area contributed by atoms with Gasteiger partial charge in [-0.15, -0.1) is 0 Å². The van der Waals surface area contributed by atoms with Gasteiger partial charge in [0.05, 0.1) is 0 Å². The van der Waals surface area contributed by atoms with Crippen LogP contribution in [0.25, 0.3) is 0 Å². The fourth-order valence-corrected chi connectivity index (χ4v) is 2.75. The van der Waals surface area contributed by atoms with Crippen LogP contribution in [0, 0.1) is 6.92 Å². The molecule has 3 rings (SSSR count). The van der Waals surface area contributed by atoms with E-state index in [1.165, 1.54) is 0 Å². The molecule has 2 amide bonds. The summed E-state index contributed by atoms with van der Waals surface area (Å²) >= 11 is 0. The van der Waals surface area contributed by atoms with Crippen LogP contribution in [0.5, 0.6) is 0 Å². The monoisotopic (exact) mass is 396 g/mol. The average molecular weight is 396 g/mol. The summed E-state index contributed by atoms with van der Waals surface area (Å²) in [5, 5.41) is 3.27. The van der Waals surface area contributed by atoms with Crippen LogP contribution in [0.4, 0.5) is 13.2 Å². The van der Waals surface area contributed by atoms with Gasteiger partial charge in [-0.25, -0.2) is 10.9 Å². The predicted molar refractivity (Wildman–Crippen MR) is 92.1 cm³/mol. The minimum atomic E-state index is -4.58. The number of hydrogen-bond donors (Lipinski definition) is 4. The number of nitrogens with zero attached hydrogens (tertiary/aromatic N) is 2. The van der Waals surface area contributed by atoms with Gasteiger partial charge in [-0.1, -0.05) is 29.8 Å². The van der Waals surface area contributed by atoms with Crippen LogP contribution < -0.4 is 21.7 Å². The first-order valence-electron chi connectivity index (χ1n) is 8.49. The van der Waals surface area contributed by atoms with Crippen molar-refractivity contribution in [1.82, 2.24) is 31.5 Å². The molecule has 0 saturated carbocycles. The highest BCUT2D eigenvalue weighted by molar-refractivity contribution is 5.85. The second kappa shape index (κ2) is 7.98. The summed E-state index contributed by atoms with van der Waals surface area (Å²) in [4.78, 5) is 24.0. The van der Waals surface area contributed by atoms with Crippen molar-refractivity contribution in [3.05, 3.63) is 53.3 Å². The summed E-state index contributed by atoms with van der Waals surface area (Å²) < 4.78 is 38.3. The zero-order valence-electron chi connectivity index (χ0n) is 14.9. The molecular formula is C17H19F3N6O2. The predicted octanol–water partition coefficient (Wildman–Crippen LogP) is 0.966. The maximum atomic E-state index is 12.5. The highest BCUT2D eigenvalue weighted by Gasteiger charge is 2.34. The van der Waals surface area contributed by atoms with Crippen molar-refractivity contribution in [3.63, 3.8) is 0 Å². The number of nitrogens with one attached hydrogen (secondary N) is 4. The number of halogens is 3. The van der Waals surface area contributed by atoms with E-state index in [1.54, 1.807) is 0 Å². The van der Waals surface area contributed by atoms with Gasteiger partial charge in [0.25, 0.3) is 11.8 Å². The van der Waals surface area contributed by atoms with Gasteiger partial charge in [0, 0.05) is 12.2 Å². The first-order chi connectivity index (χ1) is 13.2. The topological polar surface area (TPSA) is 100 Å². The van der Waals surface area contributed by atoms with Gasteiger partial charge in [-0.3, -0.25) is 25.1 Å². The van der Waals surface area contributed by atoms with Crippen molar-refractivity contribution >= 4 is 11.8 Å². The number of hydrogen-bond acceptors (Lipinski definition) is 5. The van der Waals surface area contributed by atoms with Gasteiger partial charge in [0.2, 0.25) is 0 Å². The van der Waals surface area contributed by atoms with E-state index in [0.717, 1.165) is 28.1 Å². The molecule has 1 saturated heterocycles. The summed E-state index contributed by atoms with van der Waals surface area (Å²) in [6.07, 6.45) is -3.07. The van der Waals surface area contributed by atoms with E-state index in [-0.39, 0.29) is 6.04 Å². The second-order valence-electron chi connectivity index (χ2n) is 6.47. The molecule has 28 heavy (non-hydrogen) atoms. The fourth-order valence-electron chi connectivity index (χ4n) is 2.75. The van der Waals surface area contributed by atoms with E-state index < -0.39 is 36.3 Å². The molecular weight excluding hydrogens is 377 g/mol. The molecule has 11 heteroatoms. The number of carbonyl (C=O) groups is 2. The smallest absolute Gasteiger partial charge is 0.271 e. The number of alkyl halides is 3. The lowest BCUT2D eigenvalue weighted by Crippen LogP contribution is -2.50. The van der Waals surface area contributed by atoms with Gasteiger partial charge in [-0.05, 0) is 25.0 Å². The Bertz CT molecular complexity index is 849. The van der Waals surface area contributed by atoms with Crippen molar-refractivity contribution in [2.24, 2.45) is 0 Å². The molecule has 0 spiro atoms. The lowest BCUT2D eigenvalue weighted by molar-refractivity contribution is -0.141. The highest BCUT2D eigenvalue weighted by atomic mass is 19.4. The molecule has 4 N–H and O–H groups in total.